The number of fused-ring (bicyclic) bond motifs is 1. The summed E-state index contributed by atoms with van der Waals surface area (Å²) in [6.07, 6.45) is 0.202. The van der Waals surface area contributed by atoms with Gasteiger partial charge >= 0.3 is 0 Å². The van der Waals surface area contributed by atoms with Crippen molar-refractivity contribution in [2.24, 2.45) is 0 Å². The number of amides is 1. The number of anilines is 1. The molecule has 3 aromatic carbocycles. The first-order valence-electron chi connectivity index (χ1n) is 9.92. The number of hydrogen-bond donors (Lipinski definition) is 1. The molecule has 4 rings (SSSR count). The summed E-state index contributed by atoms with van der Waals surface area (Å²) >= 11 is 5.84. The third kappa shape index (κ3) is 5.10. The van der Waals surface area contributed by atoms with E-state index in [1.165, 1.54) is 6.07 Å². The van der Waals surface area contributed by atoms with Gasteiger partial charge in [0.2, 0.25) is 5.91 Å². The van der Waals surface area contributed by atoms with Gasteiger partial charge in [-0.15, -0.1) is 0 Å². The zero-order chi connectivity index (χ0) is 22.5. The average Bonchev–Trinajstić information content (AvgIpc) is 2.80. The summed E-state index contributed by atoms with van der Waals surface area (Å²) in [5.41, 5.74) is 1.69. The molecule has 0 bridgehead atoms. The maximum Gasteiger partial charge on any atom is 0.227 e. The van der Waals surface area contributed by atoms with Crippen LogP contribution in [0.3, 0.4) is 0 Å². The number of rotatable bonds is 7. The topological polar surface area (TPSA) is 77.8 Å². The van der Waals surface area contributed by atoms with Gasteiger partial charge in [-0.05, 0) is 66.7 Å². The Hall–Kier alpha value is -3.77. The van der Waals surface area contributed by atoms with Gasteiger partial charge in [-0.3, -0.25) is 9.59 Å². The quantitative estimate of drug-likeness (QED) is 0.401. The van der Waals surface area contributed by atoms with Gasteiger partial charge in [0.15, 0.2) is 5.43 Å². The molecule has 0 fully saturated rings. The Bertz CT molecular complexity index is 1300. The average molecular weight is 450 g/mol. The zero-order valence-corrected chi connectivity index (χ0v) is 18.0. The maximum absolute atomic E-state index is 12.5. The Balaban J connectivity index is 1.39. The number of ether oxygens (including phenoxy) is 2. The summed E-state index contributed by atoms with van der Waals surface area (Å²) in [6.45, 7) is 0.249. The molecule has 4 aromatic rings. The number of hydrogen-bond acceptors (Lipinski definition) is 5. The predicted octanol–water partition coefficient (Wildman–Crippen LogP) is 5.53. The highest BCUT2D eigenvalue weighted by Crippen LogP contribution is 2.25. The molecule has 0 atom stereocenters. The molecule has 7 heteroatoms. The lowest BCUT2D eigenvalue weighted by molar-refractivity contribution is -0.116. The molecule has 1 heterocycles. The molecule has 32 heavy (non-hydrogen) atoms. The molecular weight excluding hydrogens is 430 g/mol. The fraction of sp³-hybridized carbons (Fsp3) is 0.120. The Kier molecular flexibility index (Phi) is 6.42. The fourth-order valence-electron chi connectivity index (χ4n) is 3.14. The predicted molar refractivity (Wildman–Crippen MR) is 125 cm³/mol. The van der Waals surface area contributed by atoms with Gasteiger partial charge in [0.05, 0.1) is 25.5 Å². The first kappa shape index (κ1) is 21.5. The summed E-state index contributed by atoms with van der Waals surface area (Å²) < 4.78 is 16.6. The van der Waals surface area contributed by atoms with Gasteiger partial charge in [-0.1, -0.05) is 11.6 Å². The molecule has 1 amide bonds. The lowest BCUT2D eigenvalue weighted by atomic mass is 10.1. The fourth-order valence-corrected chi connectivity index (χ4v) is 3.26. The third-order valence-electron chi connectivity index (χ3n) is 4.80. The number of carbonyl (C=O) groups is 1. The van der Waals surface area contributed by atoms with E-state index in [1.807, 2.05) is 0 Å². The summed E-state index contributed by atoms with van der Waals surface area (Å²) in [4.78, 5) is 24.7. The maximum atomic E-state index is 12.5. The lowest BCUT2D eigenvalue weighted by Crippen LogP contribution is -2.15. The molecule has 0 aliphatic rings. The van der Waals surface area contributed by atoms with Crippen molar-refractivity contribution in [2.45, 2.75) is 6.42 Å². The largest absolute Gasteiger partial charge is 0.497 e. The molecule has 0 spiro atoms. The summed E-state index contributed by atoms with van der Waals surface area (Å²) in [5.74, 6) is 1.53. The van der Waals surface area contributed by atoms with Crippen molar-refractivity contribution in [1.29, 1.82) is 0 Å². The Morgan fingerprint density at radius 3 is 2.41 bits per heavy atom. The normalized spacial score (nSPS) is 10.7. The van der Waals surface area contributed by atoms with Crippen LogP contribution in [0, 0.1) is 0 Å². The number of halogens is 1. The van der Waals surface area contributed by atoms with Crippen molar-refractivity contribution in [3.8, 4) is 22.8 Å². The molecular formula is C25H20ClNO5. The monoisotopic (exact) mass is 449 g/mol. The van der Waals surface area contributed by atoms with Crippen molar-refractivity contribution < 1.29 is 18.7 Å². The SMILES string of the molecule is COc1ccc2oc(-c3ccc(NC(=O)CCOc4ccc(Cl)cc4)cc3)cc(=O)c2c1. The van der Waals surface area contributed by atoms with E-state index in [9.17, 15) is 9.59 Å². The molecule has 0 saturated carbocycles. The second-order valence-corrected chi connectivity index (χ2v) is 7.45. The molecule has 1 aromatic heterocycles. The molecule has 0 aliphatic carbocycles. The number of methoxy groups -OCH3 is 1. The first-order chi connectivity index (χ1) is 15.5. The minimum Gasteiger partial charge on any atom is -0.497 e. The smallest absolute Gasteiger partial charge is 0.227 e. The van der Waals surface area contributed by atoms with Gasteiger partial charge in [-0.25, -0.2) is 0 Å². The van der Waals surface area contributed by atoms with Crippen LogP contribution in [0.2, 0.25) is 5.02 Å². The lowest BCUT2D eigenvalue weighted by Gasteiger charge is -2.09. The minimum absolute atomic E-state index is 0.154. The number of carbonyl (C=O) groups excluding carboxylic acids is 1. The highest BCUT2D eigenvalue weighted by molar-refractivity contribution is 6.30. The van der Waals surface area contributed by atoms with Crippen LogP contribution in [0.4, 0.5) is 5.69 Å². The number of nitrogens with one attached hydrogen (secondary N) is 1. The molecule has 0 radical (unpaired) electrons. The molecule has 0 saturated heterocycles. The van der Waals surface area contributed by atoms with E-state index in [0.717, 1.165) is 5.56 Å². The van der Waals surface area contributed by atoms with E-state index in [0.29, 0.717) is 38.9 Å². The molecule has 6 nitrogen and oxygen atoms in total. The number of benzene rings is 3. The van der Waals surface area contributed by atoms with Crippen LogP contribution >= 0.6 is 11.6 Å². The van der Waals surface area contributed by atoms with E-state index in [2.05, 4.69) is 5.32 Å². The van der Waals surface area contributed by atoms with Crippen molar-refractivity contribution in [3.63, 3.8) is 0 Å². The molecule has 1 N–H and O–H groups in total. The summed E-state index contributed by atoms with van der Waals surface area (Å²) in [6, 6.07) is 20.6. The van der Waals surface area contributed by atoms with Gasteiger partial charge in [-0.2, -0.15) is 0 Å². The van der Waals surface area contributed by atoms with E-state index in [1.54, 1.807) is 73.8 Å². The van der Waals surface area contributed by atoms with Crippen LogP contribution in [-0.2, 0) is 4.79 Å². The summed E-state index contributed by atoms with van der Waals surface area (Å²) in [7, 11) is 1.55. The van der Waals surface area contributed by atoms with Gasteiger partial charge in [0.25, 0.3) is 0 Å². The van der Waals surface area contributed by atoms with Crippen LogP contribution in [0.25, 0.3) is 22.3 Å². The van der Waals surface area contributed by atoms with Crippen LogP contribution < -0.4 is 20.2 Å². The van der Waals surface area contributed by atoms with E-state index >= 15 is 0 Å². The van der Waals surface area contributed by atoms with E-state index in [4.69, 9.17) is 25.5 Å². The van der Waals surface area contributed by atoms with Gasteiger partial charge in [0.1, 0.15) is 22.8 Å². The van der Waals surface area contributed by atoms with Gasteiger partial charge < -0.3 is 19.2 Å². The highest BCUT2D eigenvalue weighted by Gasteiger charge is 2.09. The van der Waals surface area contributed by atoms with E-state index in [-0.39, 0.29) is 24.4 Å². The standard InChI is InChI=1S/C25H20ClNO5/c1-30-20-10-11-23-21(14-20)22(28)15-24(32-23)16-2-6-18(7-3-16)27-25(29)12-13-31-19-8-4-17(26)5-9-19/h2-11,14-15H,12-13H2,1H3,(H,27,29). The van der Waals surface area contributed by atoms with Crippen molar-refractivity contribution >= 4 is 34.2 Å². The van der Waals surface area contributed by atoms with Crippen LogP contribution in [0.5, 0.6) is 11.5 Å². The highest BCUT2D eigenvalue weighted by atomic mass is 35.5. The second-order valence-electron chi connectivity index (χ2n) is 7.01. The zero-order valence-electron chi connectivity index (χ0n) is 17.3. The van der Waals surface area contributed by atoms with Crippen LogP contribution in [0.15, 0.2) is 82.0 Å². The van der Waals surface area contributed by atoms with E-state index < -0.39 is 0 Å². The minimum atomic E-state index is -0.169. The van der Waals surface area contributed by atoms with Crippen molar-refractivity contribution in [2.75, 3.05) is 19.0 Å². The molecule has 162 valence electrons. The molecule has 0 unspecified atom stereocenters. The Labute approximate surface area is 189 Å². The Morgan fingerprint density at radius 2 is 1.69 bits per heavy atom. The van der Waals surface area contributed by atoms with Crippen LogP contribution in [-0.4, -0.2) is 19.6 Å². The second kappa shape index (κ2) is 9.58. The molecule has 0 aliphatic heterocycles. The van der Waals surface area contributed by atoms with Crippen LogP contribution in [0.1, 0.15) is 6.42 Å². The van der Waals surface area contributed by atoms with Gasteiger partial charge in [0, 0.05) is 22.3 Å². The third-order valence-corrected chi connectivity index (χ3v) is 5.05. The van der Waals surface area contributed by atoms with Crippen molar-refractivity contribution in [3.05, 3.63) is 88.0 Å². The summed E-state index contributed by atoms with van der Waals surface area (Å²) in [5, 5.41) is 3.91. The first-order valence-corrected chi connectivity index (χ1v) is 10.3. The van der Waals surface area contributed by atoms with Crippen molar-refractivity contribution in [1.82, 2.24) is 0 Å². The Morgan fingerprint density at radius 1 is 0.969 bits per heavy atom.